The van der Waals surface area contributed by atoms with Gasteiger partial charge >= 0.3 is 5.97 Å². The zero-order valence-electron chi connectivity index (χ0n) is 12.5. The molecule has 2 aromatic rings. The van der Waals surface area contributed by atoms with Crippen LogP contribution in [0.15, 0.2) is 48.5 Å². The van der Waals surface area contributed by atoms with E-state index in [1.54, 1.807) is 19.1 Å². The molecule has 3 rings (SSSR count). The molecule has 118 valence electrons. The monoisotopic (exact) mass is 330 g/mol. The van der Waals surface area contributed by atoms with Crippen LogP contribution in [0.4, 0.5) is 0 Å². The predicted octanol–water partition coefficient (Wildman–Crippen LogP) is 3.84. The summed E-state index contributed by atoms with van der Waals surface area (Å²) in [6.07, 6.45) is -0.712. The van der Waals surface area contributed by atoms with E-state index in [0.717, 1.165) is 5.56 Å². The molecule has 0 saturated carbocycles. The van der Waals surface area contributed by atoms with Crippen molar-refractivity contribution in [2.75, 3.05) is 6.61 Å². The highest BCUT2D eigenvalue weighted by molar-refractivity contribution is 6.31. The lowest BCUT2D eigenvalue weighted by atomic mass is 9.85. The van der Waals surface area contributed by atoms with E-state index in [1.807, 2.05) is 30.3 Å². The van der Waals surface area contributed by atoms with Crippen LogP contribution in [0, 0.1) is 5.92 Å². The molecule has 0 bridgehead atoms. The molecule has 2 unspecified atom stereocenters. The fraction of sp³-hybridized carbons (Fsp3) is 0.222. The molecule has 0 N–H and O–H groups in total. The van der Waals surface area contributed by atoms with Gasteiger partial charge < -0.3 is 9.47 Å². The van der Waals surface area contributed by atoms with Gasteiger partial charge in [0.1, 0.15) is 11.9 Å². The van der Waals surface area contributed by atoms with Crippen LogP contribution in [0.2, 0.25) is 5.02 Å². The van der Waals surface area contributed by atoms with Crippen LogP contribution in [-0.4, -0.2) is 18.4 Å². The minimum Gasteiger partial charge on any atom is -0.484 e. The van der Waals surface area contributed by atoms with Gasteiger partial charge in [-0.15, -0.1) is 0 Å². The number of hydrogen-bond donors (Lipinski definition) is 0. The molecule has 0 fully saturated rings. The van der Waals surface area contributed by atoms with Crippen LogP contribution in [0.1, 0.15) is 28.9 Å². The summed E-state index contributed by atoms with van der Waals surface area (Å²) in [6.45, 7) is 1.90. The molecule has 1 aliphatic heterocycles. The second-order valence-corrected chi connectivity index (χ2v) is 5.62. The van der Waals surface area contributed by atoms with E-state index in [1.165, 1.54) is 6.07 Å². The lowest BCUT2D eigenvalue weighted by molar-refractivity contribution is -0.149. The largest absolute Gasteiger partial charge is 0.484 e. The first-order valence-electron chi connectivity index (χ1n) is 7.34. The number of hydrogen-bond acceptors (Lipinski definition) is 4. The molecule has 2 aromatic carbocycles. The minimum atomic E-state index is -1.04. The van der Waals surface area contributed by atoms with E-state index < -0.39 is 18.0 Å². The number of fused-ring (bicyclic) bond motifs is 1. The Morgan fingerprint density at radius 3 is 2.65 bits per heavy atom. The van der Waals surface area contributed by atoms with Crippen LogP contribution < -0.4 is 4.74 Å². The van der Waals surface area contributed by atoms with E-state index in [4.69, 9.17) is 21.1 Å². The second kappa shape index (κ2) is 6.42. The van der Waals surface area contributed by atoms with Crippen molar-refractivity contribution in [1.82, 2.24) is 0 Å². The van der Waals surface area contributed by atoms with Crippen molar-refractivity contribution >= 4 is 23.4 Å². The maximum atomic E-state index is 12.8. The van der Waals surface area contributed by atoms with Gasteiger partial charge in [-0.1, -0.05) is 41.9 Å². The van der Waals surface area contributed by atoms with Crippen LogP contribution in [0.25, 0.3) is 0 Å². The lowest BCUT2D eigenvalue weighted by Crippen LogP contribution is -2.38. The quantitative estimate of drug-likeness (QED) is 0.634. The summed E-state index contributed by atoms with van der Waals surface area (Å²) in [5, 5.41) is 0.418. The summed E-state index contributed by atoms with van der Waals surface area (Å²) < 4.78 is 11.0. The average Bonchev–Trinajstić information content (AvgIpc) is 2.56. The first-order valence-corrected chi connectivity index (χ1v) is 7.71. The van der Waals surface area contributed by atoms with Gasteiger partial charge in [0.25, 0.3) is 0 Å². The number of carbonyl (C=O) groups is 2. The molecule has 0 amide bonds. The molecule has 2 atom stereocenters. The molecule has 1 aliphatic rings. The van der Waals surface area contributed by atoms with Crippen molar-refractivity contribution in [3.63, 3.8) is 0 Å². The van der Waals surface area contributed by atoms with Gasteiger partial charge in [-0.2, -0.15) is 0 Å². The van der Waals surface area contributed by atoms with Gasteiger partial charge in [0.05, 0.1) is 12.2 Å². The molecule has 1 heterocycles. The maximum Gasteiger partial charge on any atom is 0.321 e. The number of halogens is 1. The van der Waals surface area contributed by atoms with Crippen LogP contribution in [0.3, 0.4) is 0 Å². The lowest BCUT2D eigenvalue weighted by Gasteiger charge is -2.31. The van der Waals surface area contributed by atoms with Crippen molar-refractivity contribution in [2.45, 2.75) is 13.0 Å². The Morgan fingerprint density at radius 2 is 1.96 bits per heavy atom. The fourth-order valence-corrected chi connectivity index (χ4v) is 2.85. The van der Waals surface area contributed by atoms with Gasteiger partial charge in [0.2, 0.25) is 0 Å². The summed E-state index contributed by atoms with van der Waals surface area (Å²) in [5.74, 6) is -1.53. The van der Waals surface area contributed by atoms with E-state index in [9.17, 15) is 9.59 Å². The number of ether oxygens (including phenoxy) is 2. The van der Waals surface area contributed by atoms with Gasteiger partial charge in [-0.3, -0.25) is 9.59 Å². The van der Waals surface area contributed by atoms with Gasteiger partial charge in [-0.25, -0.2) is 0 Å². The highest BCUT2D eigenvalue weighted by Crippen LogP contribution is 2.40. The number of esters is 1. The molecular weight excluding hydrogens is 316 g/mol. The number of ketones is 1. The van der Waals surface area contributed by atoms with Crippen LogP contribution in [0.5, 0.6) is 5.75 Å². The molecule has 0 aliphatic carbocycles. The third-order valence-electron chi connectivity index (χ3n) is 3.71. The summed E-state index contributed by atoms with van der Waals surface area (Å²) in [6, 6.07) is 14.0. The maximum absolute atomic E-state index is 12.8. The molecule has 0 saturated heterocycles. The Bertz CT molecular complexity index is 742. The van der Waals surface area contributed by atoms with Gasteiger partial charge in [0.15, 0.2) is 11.7 Å². The molecule has 0 aromatic heterocycles. The number of carbonyl (C=O) groups excluding carboxylic acids is 2. The van der Waals surface area contributed by atoms with E-state index in [0.29, 0.717) is 16.3 Å². The fourth-order valence-electron chi connectivity index (χ4n) is 2.67. The van der Waals surface area contributed by atoms with Crippen molar-refractivity contribution < 1.29 is 19.1 Å². The Hall–Kier alpha value is -2.33. The Balaban J connectivity index is 2.08. The summed E-state index contributed by atoms with van der Waals surface area (Å²) in [5.41, 5.74) is 1.06. The molecule has 4 nitrogen and oxygen atoms in total. The van der Waals surface area contributed by atoms with Crippen molar-refractivity contribution in [3.8, 4) is 5.75 Å². The SMILES string of the molecule is CCOC(=O)C1C(=O)c2cc(Cl)ccc2OC1c1ccccc1. The van der Waals surface area contributed by atoms with Crippen LogP contribution in [-0.2, 0) is 9.53 Å². The second-order valence-electron chi connectivity index (χ2n) is 5.18. The zero-order valence-corrected chi connectivity index (χ0v) is 13.2. The predicted molar refractivity (Wildman–Crippen MR) is 85.7 cm³/mol. The van der Waals surface area contributed by atoms with Gasteiger partial charge in [-0.05, 0) is 30.7 Å². The normalized spacial score (nSPS) is 19.7. The number of benzene rings is 2. The molecular formula is C18H15ClO4. The molecule has 5 heteroatoms. The molecule has 23 heavy (non-hydrogen) atoms. The number of Topliss-reactive ketones (excluding diaryl/α,β-unsaturated/α-hetero) is 1. The average molecular weight is 331 g/mol. The van der Waals surface area contributed by atoms with E-state index in [2.05, 4.69) is 0 Å². The van der Waals surface area contributed by atoms with Crippen molar-refractivity contribution in [1.29, 1.82) is 0 Å². The Labute approximate surface area is 139 Å². The third kappa shape index (κ3) is 2.94. The van der Waals surface area contributed by atoms with Crippen LogP contribution >= 0.6 is 11.6 Å². The highest BCUT2D eigenvalue weighted by Gasteiger charge is 2.44. The smallest absolute Gasteiger partial charge is 0.321 e. The third-order valence-corrected chi connectivity index (χ3v) is 3.95. The Morgan fingerprint density at radius 1 is 1.22 bits per heavy atom. The number of rotatable bonds is 3. The summed E-state index contributed by atoms with van der Waals surface area (Å²) in [4.78, 5) is 25.2. The molecule has 0 radical (unpaired) electrons. The van der Waals surface area contributed by atoms with Crippen molar-refractivity contribution in [2.24, 2.45) is 5.92 Å². The van der Waals surface area contributed by atoms with E-state index >= 15 is 0 Å². The zero-order chi connectivity index (χ0) is 16.4. The summed E-state index contributed by atoms with van der Waals surface area (Å²) >= 11 is 5.96. The topological polar surface area (TPSA) is 52.6 Å². The first-order chi connectivity index (χ1) is 11.1. The van der Waals surface area contributed by atoms with Crippen molar-refractivity contribution in [3.05, 3.63) is 64.7 Å². The highest BCUT2D eigenvalue weighted by atomic mass is 35.5. The summed E-state index contributed by atoms with van der Waals surface area (Å²) in [7, 11) is 0. The van der Waals surface area contributed by atoms with Gasteiger partial charge in [0, 0.05) is 5.02 Å². The standard InChI is InChI=1S/C18H15ClO4/c1-2-22-18(21)15-16(20)13-10-12(19)8-9-14(13)23-17(15)11-6-4-3-5-7-11/h3-10,15,17H,2H2,1H3. The Kier molecular flexibility index (Phi) is 4.35. The minimum absolute atomic E-state index is 0.201. The first kappa shape index (κ1) is 15.6. The molecule has 0 spiro atoms. The van der Waals surface area contributed by atoms with E-state index in [-0.39, 0.29) is 12.4 Å².